The molecule has 0 saturated heterocycles. The molecule has 1 fully saturated rings. The van der Waals surface area contributed by atoms with E-state index < -0.39 is 5.54 Å². The summed E-state index contributed by atoms with van der Waals surface area (Å²) in [6.07, 6.45) is 15.3. The highest BCUT2D eigenvalue weighted by Crippen LogP contribution is 2.42. The molecule has 0 aliphatic heterocycles. The quantitative estimate of drug-likeness (QED) is 0.128. The zero-order valence-corrected chi connectivity index (χ0v) is 24.3. The maximum Gasteiger partial charge on any atom is 0.138 e. The number of hydrogen-bond acceptors (Lipinski definition) is 1. The average molecular weight is 539 g/mol. The van der Waals surface area contributed by atoms with E-state index in [1.54, 1.807) is 0 Å². The Morgan fingerprint density at radius 1 is 0.634 bits per heavy atom. The van der Waals surface area contributed by atoms with Gasteiger partial charge in [0, 0.05) is 11.8 Å². The lowest BCUT2D eigenvalue weighted by atomic mass is 9.77. The Morgan fingerprint density at radius 3 is 1.68 bits per heavy atom. The standard InChI is InChI=1S/C39H42N2/c1-2-3-7-14-31-21-23-32(24-22-31)33-25-27-34(28-26-33)35-29-40-41(30-35)39(36-15-8-4-9-16-36,37-17-10-5-11-18-37)38-19-12-6-13-20-38/h4-6,8-13,15-20,25-32H,2-3,7,14,21-24H2,1H3. The average Bonchev–Trinajstić information content (AvgIpc) is 3.54. The Bertz CT molecular complexity index is 1380. The molecule has 0 unspecified atom stereocenters. The molecule has 0 radical (unpaired) electrons. The van der Waals surface area contributed by atoms with Crippen LogP contribution in [0.2, 0.25) is 0 Å². The van der Waals surface area contributed by atoms with Crippen LogP contribution in [0.3, 0.4) is 0 Å². The van der Waals surface area contributed by atoms with Crippen molar-refractivity contribution >= 4 is 0 Å². The lowest BCUT2D eigenvalue weighted by molar-refractivity contribution is 0.303. The number of benzene rings is 4. The van der Waals surface area contributed by atoms with Gasteiger partial charge in [-0.2, -0.15) is 5.10 Å². The van der Waals surface area contributed by atoms with Crippen molar-refractivity contribution in [3.63, 3.8) is 0 Å². The summed E-state index contributed by atoms with van der Waals surface area (Å²) in [5, 5.41) is 5.06. The number of rotatable bonds is 10. The lowest BCUT2D eigenvalue weighted by Gasteiger charge is -2.36. The summed E-state index contributed by atoms with van der Waals surface area (Å²) >= 11 is 0. The molecule has 2 nitrogen and oxygen atoms in total. The van der Waals surface area contributed by atoms with Crippen LogP contribution in [0.4, 0.5) is 0 Å². The zero-order valence-electron chi connectivity index (χ0n) is 24.3. The molecule has 6 rings (SSSR count). The molecule has 0 atom stereocenters. The summed E-state index contributed by atoms with van der Waals surface area (Å²) in [6.45, 7) is 2.30. The van der Waals surface area contributed by atoms with Crippen LogP contribution in [0.5, 0.6) is 0 Å². The van der Waals surface area contributed by atoms with Crippen molar-refractivity contribution in [3.05, 3.63) is 150 Å². The summed E-state index contributed by atoms with van der Waals surface area (Å²) in [7, 11) is 0. The first kappa shape index (κ1) is 27.3. The van der Waals surface area contributed by atoms with Gasteiger partial charge in [-0.1, -0.05) is 148 Å². The summed E-state index contributed by atoms with van der Waals surface area (Å²) in [6, 6.07) is 41.6. The maximum atomic E-state index is 5.06. The first-order chi connectivity index (χ1) is 20.3. The molecule has 208 valence electrons. The smallest absolute Gasteiger partial charge is 0.138 e. The third kappa shape index (κ3) is 5.66. The van der Waals surface area contributed by atoms with E-state index in [9.17, 15) is 0 Å². The highest BCUT2D eigenvalue weighted by molar-refractivity contribution is 5.63. The number of aromatic nitrogens is 2. The second kappa shape index (κ2) is 12.7. The molecule has 1 aliphatic rings. The molecule has 2 heteroatoms. The Hall–Kier alpha value is -3.91. The molecule has 0 amide bonds. The van der Waals surface area contributed by atoms with Gasteiger partial charge < -0.3 is 0 Å². The van der Waals surface area contributed by atoms with Crippen molar-refractivity contribution in [3.8, 4) is 11.1 Å². The van der Waals surface area contributed by atoms with Crippen molar-refractivity contribution < 1.29 is 0 Å². The summed E-state index contributed by atoms with van der Waals surface area (Å²) in [5.74, 6) is 1.65. The van der Waals surface area contributed by atoms with Crippen LogP contribution in [0.25, 0.3) is 11.1 Å². The van der Waals surface area contributed by atoms with Crippen LogP contribution in [0.15, 0.2) is 128 Å². The molecule has 1 aromatic heterocycles. The number of nitrogens with zero attached hydrogens (tertiary/aromatic N) is 2. The summed E-state index contributed by atoms with van der Waals surface area (Å²) in [5.41, 5.74) is 6.84. The van der Waals surface area contributed by atoms with Gasteiger partial charge in [0.25, 0.3) is 0 Å². The van der Waals surface area contributed by atoms with Crippen LogP contribution in [-0.2, 0) is 5.54 Å². The van der Waals surface area contributed by atoms with Crippen molar-refractivity contribution in [1.29, 1.82) is 0 Å². The van der Waals surface area contributed by atoms with Gasteiger partial charge in [0.1, 0.15) is 5.54 Å². The van der Waals surface area contributed by atoms with E-state index in [-0.39, 0.29) is 0 Å². The third-order valence-electron chi connectivity index (χ3n) is 9.28. The van der Waals surface area contributed by atoms with Gasteiger partial charge in [0.2, 0.25) is 0 Å². The minimum Gasteiger partial charge on any atom is -0.252 e. The Morgan fingerprint density at radius 2 is 1.17 bits per heavy atom. The normalized spacial score (nSPS) is 17.4. The highest BCUT2D eigenvalue weighted by Gasteiger charge is 2.39. The second-order valence-corrected chi connectivity index (χ2v) is 11.8. The van der Waals surface area contributed by atoms with E-state index in [1.165, 1.54) is 79.2 Å². The second-order valence-electron chi connectivity index (χ2n) is 11.8. The molecule has 0 spiro atoms. The largest absolute Gasteiger partial charge is 0.252 e. The van der Waals surface area contributed by atoms with Crippen molar-refractivity contribution in [2.75, 3.05) is 0 Å². The molecule has 1 heterocycles. The molecule has 4 aromatic carbocycles. The van der Waals surface area contributed by atoms with Crippen LogP contribution < -0.4 is 0 Å². The first-order valence-electron chi connectivity index (χ1n) is 15.6. The maximum absolute atomic E-state index is 5.06. The fourth-order valence-electron chi connectivity index (χ4n) is 7.01. The van der Waals surface area contributed by atoms with E-state index in [0.717, 1.165) is 11.5 Å². The summed E-state index contributed by atoms with van der Waals surface area (Å²) in [4.78, 5) is 0. The molecule has 5 aromatic rings. The van der Waals surface area contributed by atoms with E-state index in [2.05, 4.69) is 133 Å². The molecule has 1 saturated carbocycles. The SMILES string of the molecule is CCCCCC1CCC(c2ccc(-c3cnn(C(c4ccccc4)(c4ccccc4)c4ccccc4)c3)cc2)CC1. The molecule has 1 aliphatic carbocycles. The highest BCUT2D eigenvalue weighted by atomic mass is 15.3. The van der Waals surface area contributed by atoms with Gasteiger partial charge in [0.15, 0.2) is 0 Å². The summed E-state index contributed by atoms with van der Waals surface area (Å²) < 4.78 is 2.16. The lowest BCUT2D eigenvalue weighted by Crippen LogP contribution is -2.38. The number of hydrogen-bond donors (Lipinski definition) is 0. The van der Waals surface area contributed by atoms with Crippen LogP contribution in [0, 0.1) is 5.92 Å². The van der Waals surface area contributed by atoms with E-state index in [0.29, 0.717) is 5.92 Å². The van der Waals surface area contributed by atoms with Gasteiger partial charge >= 0.3 is 0 Å². The fourth-order valence-corrected chi connectivity index (χ4v) is 7.01. The zero-order chi connectivity index (χ0) is 27.9. The predicted molar refractivity (Wildman–Crippen MR) is 171 cm³/mol. The molecule has 0 bridgehead atoms. The van der Waals surface area contributed by atoms with Gasteiger partial charge in [-0.3, -0.25) is 4.68 Å². The third-order valence-corrected chi connectivity index (χ3v) is 9.28. The van der Waals surface area contributed by atoms with Crippen LogP contribution in [0.1, 0.15) is 86.5 Å². The molecule has 41 heavy (non-hydrogen) atoms. The number of unbranched alkanes of at least 4 members (excludes halogenated alkanes) is 2. The van der Waals surface area contributed by atoms with Gasteiger partial charge in [-0.05, 0) is 65.3 Å². The van der Waals surface area contributed by atoms with Gasteiger partial charge in [0.05, 0.1) is 6.20 Å². The van der Waals surface area contributed by atoms with E-state index in [1.807, 2.05) is 6.20 Å². The van der Waals surface area contributed by atoms with E-state index >= 15 is 0 Å². The van der Waals surface area contributed by atoms with E-state index in [4.69, 9.17) is 5.10 Å². The first-order valence-corrected chi connectivity index (χ1v) is 15.6. The van der Waals surface area contributed by atoms with Gasteiger partial charge in [-0.25, -0.2) is 0 Å². The van der Waals surface area contributed by atoms with Crippen LogP contribution >= 0.6 is 0 Å². The predicted octanol–water partition coefficient (Wildman–Crippen LogP) is 10.2. The van der Waals surface area contributed by atoms with Crippen molar-refractivity contribution in [2.45, 2.75) is 69.7 Å². The molecular weight excluding hydrogens is 496 g/mol. The monoisotopic (exact) mass is 538 g/mol. The van der Waals surface area contributed by atoms with Crippen molar-refractivity contribution in [2.24, 2.45) is 5.92 Å². The van der Waals surface area contributed by atoms with Crippen molar-refractivity contribution in [1.82, 2.24) is 9.78 Å². The Kier molecular flexibility index (Phi) is 8.46. The topological polar surface area (TPSA) is 17.8 Å². The Balaban J connectivity index is 1.30. The molecular formula is C39H42N2. The van der Waals surface area contributed by atoms with Crippen LogP contribution in [-0.4, -0.2) is 9.78 Å². The minimum absolute atomic E-state index is 0.586. The van der Waals surface area contributed by atoms with Gasteiger partial charge in [-0.15, -0.1) is 0 Å². The Labute approximate surface area is 246 Å². The minimum atomic E-state index is -0.586. The fraction of sp³-hybridized carbons (Fsp3) is 0.308. The molecule has 0 N–H and O–H groups in total.